The topological polar surface area (TPSA) is 16.4 Å². The van der Waals surface area contributed by atoms with Crippen LogP contribution in [0.2, 0.25) is 0 Å². The highest BCUT2D eigenvalue weighted by Gasteiger charge is 2.49. The molecule has 0 radical (unpaired) electrons. The van der Waals surface area contributed by atoms with E-state index in [-0.39, 0.29) is 5.41 Å². The molecule has 0 aliphatic heterocycles. The van der Waals surface area contributed by atoms with Gasteiger partial charge >= 0.3 is 0 Å². The molecule has 0 N–H and O–H groups in total. The third-order valence-electron chi connectivity index (χ3n) is 14.5. The first kappa shape index (κ1) is 37.4. The first-order valence-electron chi connectivity index (χ1n) is 22.8. The van der Waals surface area contributed by atoms with Crippen LogP contribution in [0.1, 0.15) is 48.8 Å². The molecule has 2 aliphatic carbocycles. The fraction of sp³-hybridized carbons (Fsp3) is 0.115. The van der Waals surface area contributed by atoms with Crippen molar-refractivity contribution in [1.29, 1.82) is 0 Å². The van der Waals surface area contributed by atoms with Gasteiger partial charge in [-0.2, -0.15) is 0 Å². The van der Waals surface area contributed by atoms with E-state index in [0.717, 1.165) is 39.0 Å². The van der Waals surface area contributed by atoms with Crippen molar-refractivity contribution in [2.45, 2.75) is 37.5 Å². The Bertz CT molecular complexity index is 3490. The Kier molecular flexibility index (Phi) is 8.74. The quantitative estimate of drug-likeness (QED) is 0.159. The number of furan rings is 1. The molecule has 0 saturated heterocycles. The van der Waals surface area contributed by atoms with Gasteiger partial charge in [-0.25, -0.2) is 0 Å². The second-order valence-corrected chi connectivity index (χ2v) is 18.9. The summed E-state index contributed by atoms with van der Waals surface area (Å²) < 4.78 is 8.84. The molecule has 1 saturated carbocycles. The molecule has 0 bridgehead atoms. The summed E-state index contributed by atoms with van der Waals surface area (Å²) in [6.45, 7) is 0. The highest BCUT2D eigenvalue weighted by atomic mass is 32.1. The monoisotopic (exact) mass is 839 g/mol. The molecule has 0 spiro atoms. The highest BCUT2D eigenvalue weighted by molar-refractivity contribution is 7.26. The smallest absolute Gasteiger partial charge is 0.135 e. The van der Waals surface area contributed by atoms with Crippen molar-refractivity contribution in [3.05, 3.63) is 223 Å². The van der Waals surface area contributed by atoms with Gasteiger partial charge in [0.05, 0.1) is 0 Å². The van der Waals surface area contributed by atoms with Crippen LogP contribution >= 0.6 is 11.3 Å². The fourth-order valence-corrected chi connectivity index (χ4v) is 12.8. The van der Waals surface area contributed by atoms with Crippen molar-refractivity contribution in [2.24, 2.45) is 5.92 Å². The maximum atomic E-state index is 6.17. The van der Waals surface area contributed by atoms with E-state index < -0.39 is 0 Å². The SMILES string of the molecule is c1ccc2c(c1)-c1ccccc1C2(c1ccc(N(c2ccc(-c3ccc4oc5ccccc5c4c3)cc2)c2ccc(-c3cccc4c3sc3ccccc34)cc2)cc1)C1CCCCC1. The van der Waals surface area contributed by atoms with E-state index in [2.05, 4.69) is 199 Å². The molecule has 2 nitrogen and oxygen atoms in total. The first-order valence-corrected chi connectivity index (χ1v) is 23.7. The molecular weight excluding hydrogens is 795 g/mol. The average Bonchev–Trinajstić information content (AvgIpc) is 4.04. The summed E-state index contributed by atoms with van der Waals surface area (Å²) in [6.07, 6.45) is 6.40. The van der Waals surface area contributed by atoms with Crippen LogP contribution in [-0.4, -0.2) is 0 Å². The second-order valence-electron chi connectivity index (χ2n) is 17.8. The van der Waals surface area contributed by atoms with Crippen LogP contribution < -0.4 is 4.90 Å². The number of rotatable bonds is 7. The molecule has 11 aromatic rings. The molecule has 0 unspecified atom stereocenters. The zero-order chi connectivity index (χ0) is 42.2. The largest absolute Gasteiger partial charge is 0.456 e. The summed E-state index contributed by atoms with van der Waals surface area (Å²) >= 11 is 1.89. The zero-order valence-electron chi connectivity index (χ0n) is 35.5. The lowest BCUT2D eigenvalue weighted by Crippen LogP contribution is -2.37. The van der Waals surface area contributed by atoms with Crippen LogP contribution in [0.15, 0.2) is 211 Å². The lowest BCUT2D eigenvalue weighted by Gasteiger charge is -2.42. The maximum Gasteiger partial charge on any atom is 0.135 e. The molecule has 2 aromatic heterocycles. The number of benzene rings is 9. The van der Waals surface area contributed by atoms with Crippen LogP contribution in [0.25, 0.3) is 75.5 Å². The fourth-order valence-electron chi connectivity index (χ4n) is 11.6. The summed E-state index contributed by atoms with van der Waals surface area (Å²) in [4.78, 5) is 2.42. The van der Waals surface area contributed by atoms with Crippen molar-refractivity contribution >= 4 is 70.5 Å². The Hall–Kier alpha value is -7.20. The highest BCUT2D eigenvalue weighted by Crippen LogP contribution is 2.59. The van der Waals surface area contributed by atoms with Crippen LogP contribution in [-0.2, 0) is 5.41 Å². The third-order valence-corrected chi connectivity index (χ3v) is 15.7. The molecular formula is C61H45NOS. The second kappa shape index (κ2) is 15.0. The predicted octanol–water partition coefficient (Wildman–Crippen LogP) is 17.7. The number of thiophene rings is 1. The molecule has 0 atom stereocenters. The van der Waals surface area contributed by atoms with E-state index >= 15 is 0 Å². The lowest BCUT2D eigenvalue weighted by atomic mass is 9.60. The van der Waals surface area contributed by atoms with Crippen molar-refractivity contribution in [3.8, 4) is 33.4 Å². The van der Waals surface area contributed by atoms with Gasteiger partial charge in [0.2, 0.25) is 0 Å². The van der Waals surface area contributed by atoms with E-state index in [4.69, 9.17) is 4.42 Å². The molecule has 13 rings (SSSR count). The van der Waals surface area contributed by atoms with Gasteiger partial charge in [-0.05, 0) is 129 Å². The minimum absolute atomic E-state index is 0.185. The zero-order valence-corrected chi connectivity index (χ0v) is 36.3. The van der Waals surface area contributed by atoms with Crippen LogP contribution in [0.4, 0.5) is 17.1 Å². The molecule has 3 heteroatoms. The Balaban J connectivity index is 0.929. The number of hydrogen-bond acceptors (Lipinski definition) is 3. The molecule has 9 aromatic carbocycles. The number of nitrogens with zero attached hydrogens (tertiary/aromatic N) is 1. The lowest BCUT2D eigenvalue weighted by molar-refractivity contribution is 0.275. The van der Waals surface area contributed by atoms with Crippen molar-refractivity contribution in [2.75, 3.05) is 4.90 Å². The summed E-state index contributed by atoms with van der Waals surface area (Å²) in [5.74, 6) is 0.540. The minimum Gasteiger partial charge on any atom is -0.456 e. The number of para-hydroxylation sites is 1. The minimum atomic E-state index is -0.185. The van der Waals surface area contributed by atoms with Crippen molar-refractivity contribution in [3.63, 3.8) is 0 Å². The Morgan fingerprint density at radius 1 is 0.422 bits per heavy atom. The van der Waals surface area contributed by atoms with E-state index in [1.165, 1.54) is 102 Å². The summed E-state index contributed by atoms with van der Waals surface area (Å²) in [5, 5.41) is 4.94. The van der Waals surface area contributed by atoms with Crippen LogP contribution in [0.5, 0.6) is 0 Å². The molecule has 2 heterocycles. The van der Waals surface area contributed by atoms with Gasteiger partial charge in [0, 0.05) is 53.4 Å². The van der Waals surface area contributed by atoms with E-state index in [1.54, 1.807) is 0 Å². The van der Waals surface area contributed by atoms with Crippen molar-refractivity contribution in [1.82, 2.24) is 0 Å². The van der Waals surface area contributed by atoms with Crippen LogP contribution in [0, 0.1) is 5.92 Å². The molecule has 64 heavy (non-hydrogen) atoms. The van der Waals surface area contributed by atoms with Crippen molar-refractivity contribution < 1.29 is 4.42 Å². The normalized spacial score (nSPS) is 14.6. The van der Waals surface area contributed by atoms with Crippen LogP contribution in [0.3, 0.4) is 0 Å². The van der Waals surface area contributed by atoms with Gasteiger partial charge in [0.1, 0.15) is 11.2 Å². The third kappa shape index (κ3) is 5.77. The number of hydrogen-bond donors (Lipinski definition) is 0. The molecule has 0 amide bonds. The van der Waals surface area contributed by atoms with Gasteiger partial charge in [-0.1, -0.05) is 165 Å². The van der Waals surface area contributed by atoms with E-state index in [1.807, 2.05) is 23.5 Å². The Morgan fingerprint density at radius 3 is 1.69 bits per heavy atom. The molecule has 2 aliphatic rings. The predicted molar refractivity (Wildman–Crippen MR) is 270 cm³/mol. The number of anilines is 3. The first-order chi connectivity index (χ1) is 31.7. The maximum absolute atomic E-state index is 6.17. The average molecular weight is 840 g/mol. The summed E-state index contributed by atoms with van der Waals surface area (Å²) in [6, 6.07) is 76.8. The van der Waals surface area contributed by atoms with E-state index in [0.29, 0.717) is 5.92 Å². The van der Waals surface area contributed by atoms with Gasteiger partial charge in [0.25, 0.3) is 0 Å². The van der Waals surface area contributed by atoms with Gasteiger partial charge in [0.15, 0.2) is 0 Å². The summed E-state index contributed by atoms with van der Waals surface area (Å²) in [7, 11) is 0. The van der Waals surface area contributed by atoms with Gasteiger partial charge in [-0.15, -0.1) is 11.3 Å². The Morgan fingerprint density at radius 2 is 0.969 bits per heavy atom. The standard InChI is InChI=1S/C61H45NOS/c1-2-13-43(14-3-1)61(55-21-8-4-15-49(55)50-16-5-9-22-56(50)61)44-30-36-47(37-31-44)62(45-32-25-40(26-33-45)42-29-38-58-54(39-42)51-17-6-10-23-57(51)63-58)46-34-27-41(28-35-46)48-19-12-20-53-52-18-7-11-24-59(52)64-60(48)53/h4-12,15-39,43H,1-3,13-14H2. The van der Waals surface area contributed by atoms with Gasteiger partial charge < -0.3 is 9.32 Å². The molecule has 1 fully saturated rings. The Labute approximate surface area is 377 Å². The molecule has 306 valence electrons. The van der Waals surface area contributed by atoms with Gasteiger partial charge in [-0.3, -0.25) is 0 Å². The number of fused-ring (bicyclic) bond motifs is 9. The van der Waals surface area contributed by atoms with E-state index in [9.17, 15) is 0 Å². The summed E-state index contributed by atoms with van der Waals surface area (Å²) in [5.41, 5.74) is 17.0.